The van der Waals surface area contributed by atoms with Gasteiger partial charge in [-0.25, -0.2) is 9.37 Å². The highest BCUT2D eigenvalue weighted by atomic mass is 19.1. The van der Waals surface area contributed by atoms with E-state index in [9.17, 15) is 33.2 Å². The van der Waals surface area contributed by atoms with Gasteiger partial charge in [-0.2, -0.15) is 0 Å². The van der Waals surface area contributed by atoms with Crippen molar-refractivity contribution in [3.05, 3.63) is 47.7 Å². The fourth-order valence-corrected chi connectivity index (χ4v) is 6.81. The van der Waals surface area contributed by atoms with Gasteiger partial charge in [-0.3, -0.25) is 44.0 Å². The molecule has 0 aliphatic carbocycles. The number of piperidine rings is 1. The molecule has 1 aromatic carbocycles. The van der Waals surface area contributed by atoms with Crippen LogP contribution >= 0.6 is 0 Å². The third kappa shape index (κ3) is 7.61. The summed E-state index contributed by atoms with van der Waals surface area (Å²) in [6.07, 6.45) is 2.06. The van der Waals surface area contributed by atoms with E-state index in [2.05, 4.69) is 30.8 Å². The van der Waals surface area contributed by atoms with E-state index in [1.165, 1.54) is 0 Å². The van der Waals surface area contributed by atoms with Crippen molar-refractivity contribution in [3.63, 3.8) is 0 Å². The number of pyridine rings is 1. The van der Waals surface area contributed by atoms with Gasteiger partial charge in [0, 0.05) is 85.2 Å². The molecule has 51 heavy (non-hydrogen) atoms. The Kier molecular flexibility index (Phi) is 10.7. The van der Waals surface area contributed by atoms with Gasteiger partial charge in [-0.15, -0.1) is 0 Å². The Morgan fingerprint density at radius 1 is 0.902 bits per heavy atom. The van der Waals surface area contributed by atoms with Crippen LogP contribution in [-0.4, -0.2) is 140 Å². The second-order valence-electron chi connectivity index (χ2n) is 12.6. The Morgan fingerprint density at radius 3 is 2.16 bits per heavy atom. The van der Waals surface area contributed by atoms with Crippen molar-refractivity contribution >= 4 is 58.6 Å². The predicted molar refractivity (Wildman–Crippen MR) is 185 cm³/mol. The zero-order valence-corrected chi connectivity index (χ0v) is 28.4. The molecule has 0 bridgehead atoms. The molecule has 1 aromatic heterocycles. The van der Waals surface area contributed by atoms with Crippen molar-refractivity contribution in [2.75, 3.05) is 87.7 Å². The largest absolute Gasteiger partial charge is 0.367 e. The number of hydrogen-bond donors (Lipinski definition) is 3. The summed E-state index contributed by atoms with van der Waals surface area (Å²) in [7, 11) is 1.59. The quantitative estimate of drug-likeness (QED) is 0.185. The molecule has 2 aromatic rings. The molecule has 4 aliphatic rings. The normalized spacial score (nSPS) is 19.7. The number of carbonyl (C=O) groups excluding carboxylic acids is 6. The van der Waals surface area contributed by atoms with Crippen LogP contribution < -0.4 is 25.8 Å². The molecule has 0 saturated carbocycles. The van der Waals surface area contributed by atoms with Gasteiger partial charge in [0.05, 0.1) is 28.7 Å². The lowest BCUT2D eigenvalue weighted by Crippen LogP contribution is -2.54. The van der Waals surface area contributed by atoms with Gasteiger partial charge in [-0.1, -0.05) is 6.07 Å². The first kappa shape index (κ1) is 35.2. The van der Waals surface area contributed by atoms with Gasteiger partial charge in [0.1, 0.15) is 18.5 Å². The summed E-state index contributed by atoms with van der Waals surface area (Å²) in [4.78, 5) is 93.9. The summed E-state index contributed by atoms with van der Waals surface area (Å²) in [6.45, 7) is 3.55. The van der Waals surface area contributed by atoms with Crippen LogP contribution in [0, 0.1) is 0 Å². The van der Waals surface area contributed by atoms with Crippen molar-refractivity contribution in [2.45, 2.75) is 31.7 Å². The van der Waals surface area contributed by atoms with Gasteiger partial charge in [0.2, 0.25) is 23.6 Å². The molecule has 0 radical (unpaired) electrons. The lowest BCUT2D eigenvalue weighted by molar-refractivity contribution is -0.137. The average Bonchev–Trinajstić information content (AvgIpc) is 3.41. The highest BCUT2D eigenvalue weighted by molar-refractivity contribution is 6.25. The second-order valence-corrected chi connectivity index (χ2v) is 12.6. The minimum atomic E-state index is -1.05. The van der Waals surface area contributed by atoms with E-state index in [-0.39, 0.29) is 55.2 Å². The minimum absolute atomic E-state index is 0.0431. The topological polar surface area (TPSA) is 180 Å². The maximum absolute atomic E-state index is 13.5. The van der Waals surface area contributed by atoms with Crippen molar-refractivity contribution in [1.82, 2.24) is 30.3 Å². The smallest absolute Gasteiger partial charge is 0.264 e. The molecular weight excluding hydrogens is 663 g/mol. The number of hydrogen-bond acceptors (Lipinski definition) is 10. The number of aromatic nitrogens is 1. The first-order valence-electron chi connectivity index (χ1n) is 17.1. The molecule has 1 unspecified atom stereocenters. The number of fused-ring (bicyclic) bond motifs is 1. The number of nitrogens with one attached hydrogen (secondary N) is 3. The Labute approximate surface area is 294 Å². The Bertz CT molecular complexity index is 1720. The molecule has 17 heteroatoms. The molecular formula is C34H41FN10O6. The molecule has 3 saturated heterocycles. The minimum Gasteiger partial charge on any atom is -0.367 e. The maximum atomic E-state index is 13.5. The van der Waals surface area contributed by atoms with E-state index in [0.29, 0.717) is 69.8 Å². The van der Waals surface area contributed by atoms with Crippen LogP contribution in [0.4, 0.5) is 21.6 Å². The van der Waals surface area contributed by atoms with Crippen LogP contribution in [0.5, 0.6) is 0 Å². The summed E-state index contributed by atoms with van der Waals surface area (Å²) >= 11 is 0. The van der Waals surface area contributed by atoms with Gasteiger partial charge < -0.3 is 30.2 Å². The van der Waals surface area contributed by atoms with E-state index in [4.69, 9.17) is 0 Å². The van der Waals surface area contributed by atoms with Gasteiger partial charge >= 0.3 is 0 Å². The lowest BCUT2D eigenvalue weighted by atomic mass is 10.0. The fraction of sp³-hybridized carbons (Fsp3) is 0.471. The number of guanidine groups is 1. The Hall–Kier alpha value is -5.61. The van der Waals surface area contributed by atoms with Crippen molar-refractivity contribution in [1.29, 1.82) is 0 Å². The number of benzene rings is 1. The van der Waals surface area contributed by atoms with Gasteiger partial charge in [0.25, 0.3) is 11.8 Å². The van der Waals surface area contributed by atoms with Crippen LogP contribution in [0.15, 0.2) is 41.5 Å². The summed E-state index contributed by atoms with van der Waals surface area (Å²) in [5.41, 5.74) is 1.91. The van der Waals surface area contributed by atoms with Crippen molar-refractivity contribution in [3.8, 4) is 0 Å². The standard InChI is InChI=1S/C34H41FN10O6/c1-36-34(37-12-11-35)39-26-7-5-22(21-38-26)41-13-17-43(18-14-41)28(47)9-10-29(48)44-19-15-42(16-20-44)24-4-2-3-23-30(24)33(51)45(32(23)50)25-6-8-27(46)40-31(25)49/h2-5,7,21,25H,6,8-20H2,1H3,(H,40,46,49)(H2,36,37,38,39). The van der Waals surface area contributed by atoms with Crippen LogP contribution in [-0.2, 0) is 19.2 Å². The van der Waals surface area contributed by atoms with Gasteiger partial charge in [-0.05, 0) is 30.7 Å². The third-order valence-corrected chi connectivity index (χ3v) is 9.57. The zero-order valence-electron chi connectivity index (χ0n) is 28.4. The molecule has 0 spiro atoms. The number of alkyl halides is 1. The van der Waals surface area contributed by atoms with Crippen LogP contribution in [0.1, 0.15) is 46.4 Å². The zero-order chi connectivity index (χ0) is 36.1. The Balaban J connectivity index is 0.953. The van der Waals surface area contributed by atoms with E-state index in [0.717, 1.165) is 10.6 Å². The SMILES string of the molecule is CN=C(NCCF)Nc1ccc(N2CCN(C(=O)CCC(=O)N3CCN(c4cccc5c4C(=O)N(C4CCC(=O)NC4=O)C5=O)CC3)CC2)cn1. The molecule has 3 N–H and O–H groups in total. The fourth-order valence-electron chi connectivity index (χ4n) is 6.81. The molecule has 4 aliphatic heterocycles. The molecule has 3 fully saturated rings. The molecule has 1 atom stereocenters. The van der Waals surface area contributed by atoms with Crippen LogP contribution in [0.2, 0.25) is 0 Å². The highest BCUT2D eigenvalue weighted by Gasteiger charge is 2.46. The van der Waals surface area contributed by atoms with Crippen LogP contribution in [0.25, 0.3) is 0 Å². The lowest BCUT2D eigenvalue weighted by Gasteiger charge is -2.37. The van der Waals surface area contributed by atoms with Crippen molar-refractivity contribution in [2.24, 2.45) is 4.99 Å². The molecule has 6 amide bonds. The first-order valence-corrected chi connectivity index (χ1v) is 17.1. The van der Waals surface area contributed by atoms with Crippen LogP contribution in [0.3, 0.4) is 0 Å². The summed E-state index contributed by atoms with van der Waals surface area (Å²) in [6, 6.07) is 7.69. The second kappa shape index (κ2) is 15.5. The number of piperazine rings is 2. The van der Waals surface area contributed by atoms with Crippen molar-refractivity contribution < 1.29 is 33.2 Å². The molecule has 270 valence electrons. The third-order valence-electron chi connectivity index (χ3n) is 9.57. The van der Waals surface area contributed by atoms with E-state index in [1.54, 1.807) is 41.2 Å². The Morgan fingerprint density at radius 2 is 1.57 bits per heavy atom. The number of imide groups is 2. The van der Waals surface area contributed by atoms with E-state index in [1.807, 2.05) is 17.0 Å². The van der Waals surface area contributed by atoms with E-state index < -0.39 is 36.3 Å². The number of rotatable bonds is 9. The first-order chi connectivity index (χ1) is 24.7. The number of nitrogens with zero attached hydrogens (tertiary/aromatic N) is 7. The monoisotopic (exact) mass is 704 g/mol. The van der Waals surface area contributed by atoms with E-state index >= 15 is 0 Å². The summed E-state index contributed by atoms with van der Waals surface area (Å²) in [5, 5.41) is 8.06. The maximum Gasteiger partial charge on any atom is 0.264 e. The predicted octanol–water partition coefficient (Wildman–Crippen LogP) is 0.217. The number of carbonyl (C=O) groups is 6. The average molecular weight is 705 g/mol. The number of aliphatic imine (C=N–C) groups is 1. The molecule has 5 heterocycles. The molecule has 16 nitrogen and oxygen atoms in total. The number of halogens is 1. The summed E-state index contributed by atoms with van der Waals surface area (Å²) in [5.74, 6) is -1.42. The number of amides is 6. The summed E-state index contributed by atoms with van der Waals surface area (Å²) < 4.78 is 12.5. The highest BCUT2D eigenvalue weighted by Crippen LogP contribution is 2.34. The van der Waals surface area contributed by atoms with Gasteiger partial charge in [0.15, 0.2) is 5.96 Å². The molecule has 6 rings (SSSR count). The number of anilines is 3.